The van der Waals surface area contributed by atoms with Crippen LogP contribution in [0.15, 0.2) is 18.2 Å². The van der Waals surface area contributed by atoms with E-state index in [1.54, 1.807) is 11.0 Å². The number of nitrogens with one attached hydrogen (secondary N) is 1. The third kappa shape index (κ3) is 5.04. The van der Waals surface area contributed by atoms with Crippen LogP contribution in [0.5, 0.6) is 0 Å². The van der Waals surface area contributed by atoms with Gasteiger partial charge in [0.1, 0.15) is 5.60 Å². The molecule has 1 aliphatic heterocycles. The maximum absolute atomic E-state index is 12.2. The molecule has 0 aromatic heterocycles. The molecule has 0 spiro atoms. The zero-order chi connectivity index (χ0) is 16.3. The summed E-state index contributed by atoms with van der Waals surface area (Å²) < 4.78 is 5.43. The molecule has 1 aliphatic rings. The molecule has 1 saturated heterocycles. The van der Waals surface area contributed by atoms with Gasteiger partial charge in [0.15, 0.2) is 0 Å². The van der Waals surface area contributed by atoms with Gasteiger partial charge in [0.2, 0.25) is 0 Å². The van der Waals surface area contributed by atoms with Crippen LogP contribution in [0.3, 0.4) is 0 Å². The molecule has 1 fully saturated rings. The summed E-state index contributed by atoms with van der Waals surface area (Å²) in [6, 6.07) is 5.66. The van der Waals surface area contributed by atoms with Crippen LogP contribution in [-0.2, 0) is 11.2 Å². The maximum Gasteiger partial charge on any atom is 0.410 e. The zero-order valence-corrected chi connectivity index (χ0v) is 14.7. The Kier molecular flexibility index (Phi) is 5.59. The molecule has 0 bridgehead atoms. The minimum absolute atomic E-state index is 0.153. The van der Waals surface area contributed by atoms with E-state index in [2.05, 4.69) is 5.32 Å². The SMILES string of the molecule is CC(C)(C)OC(=O)N1CCN[C@H](Cc2ccc(Cl)cc2Cl)C1. The van der Waals surface area contributed by atoms with Gasteiger partial charge in [-0.1, -0.05) is 29.3 Å². The van der Waals surface area contributed by atoms with Crippen LogP contribution in [0, 0.1) is 0 Å². The van der Waals surface area contributed by atoms with Crippen molar-refractivity contribution in [3.63, 3.8) is 0 Å². The van der Waals surface area contributed by atoms with Gasteiger partial charge in [-0.3, -0.25) is 0 Å². The predicted octanol–water partition coefficient (Wildman–Crippen LogP) is 3.74. The van der Waals surface area contributed by atoms with Crippen molar-refractivity contribution in [2.75, 3.05) is 19.6 Å². The molecule has 6 heteroatoms. The average molecular weight is 345 g/mol. The Hall–Kier alpha value is -0.970. The molecular weight excluding hydrogens is 323 g/mol. The largest absolute Gasteiger partial charge is 0.444 e. The molecule has 0 unspecified atom stereocenters. The van der Waals surface area contributed by atoms with E-state index in [4.69, 9.17) is 27.9 Å². The van der Waals surface area contributed by atoms with Crippen molar-refractivity contribution in [2.45, 2.75) is 38.8 Å². The molecule has 122 valence electrons. The second-order valence-electron chi connectivity index (χ2n) is 6.52. The molecule has 1 heterocycles. The number of hydrogen-bond acceptors (Lipinski definition) is 3. The Bertz CT molecular complexity index is 543. The van der Waals surface area contributed by atoms with Crippen molar-refractivity contribution < 1.29 is 9.53 Å². The average Bonchev–Trinajstić information content (AvgIpc) is 2.40. The Labute approximate surface area is 141 Å². The van der Waals surface area contributed by atoms with Crippen molar-refractivity contribution in [3.8, 4) is 0 Å². The highest BCUT2D eigenvalue weighted by molar-refractivity contribution is 6.35. The Balaban J connectivity index is 1.97. The number of nitrogens with zero attached hydrogens (tertiary/aromatic N) is 1. The highest BCUT2D eigenvalue weighted by atomic mass is 35.5. The zero-order valence-electron chi connectivity index (χ0n) is 13.2. The summed E-state index contributed by atoms with van der Waals surface area (Å²) in [5.74, 6) is 0. The van der Waals surface area contributed by atoms with Crippen LogP contribution in [0.1, 0.15) is 26.3 Å². The first-order valence-corrected chi connectivity index (χ1v) is 8.15. The third-order valence-corrected chi connectivity index (χ3v) is 3.98. The molecular formula is C16H22Cl2N2O2. The molecule has 2 rings (SSSR count). The number of hydrogen-bond donors (Lipinski definition) is 1. The van der Waals surface area contributed by atoms with Crippen molar-refractivity contribution >= 4 is 29.3 Å². The van der Waals surface area contributed by atoms with Crippen LogP contribution < -0.4 is 5.32 Å². The molecule has 4 nitrogen and oxygen atoms in total. The highest BCUT2D eigenvalue weighted by Crippen LogP contribution is 2.23. The van der Waals surface area contributed by atoms with Crippen LogP contribution >= 0.6 is 23.2 Å². The number of rotatable bonds is 2. The number of piperazine rings is 1. The Morgan fingerprint density at radius 2 is 2.14 bits per heavy atom. The van der Waals surface area contributed by atoms with Crippen LogP contribution in [-0.4, -0.2) is 42.3 Å². The van der Waals surface area contributed by atoms with Gasteiger partial charge in [-0.05, 0) is 44.9 Å². The number of benzene rings is 1. The smallest absolute Gasteiger partial charge is 0.410 e. The van der Waals surface area contributed by atoms with E-state index in [0.717, 1.165) is 18.5 Å². The van der Waals surface area contributed by atoms with Crippen LogP contribution in [0.4, 0.5) is 4.79 Å². The quantitative estimate of drug-likeness (QED) is 0.888. The molecule has 1 amide bonds. The van der Waals surface area contributed by atoms with Gasteiger partial charge in [0.05, 0.1) is 0 Å². The summed E-state index contributed by atoms with van der Waals surface area (Å²) in [6.45, 7) is 7.62. The lowest BCUT2D eigenvalue weighted by Crippen LogP contribution is -2.54. The van der Waals surface area contributed by atoms with E-state index in [9.17, 15) is 4.79 Å². The second kappa shape index (κ2) is 7.07. The van der Waals surface area contributed by atoms with Crippen LogP contribution in [0.25, 0.3) is 0 Å². The van der Waals surface area contributed by atoms with Gasteiger partial charge in [-0.25, -0.2) is 4.79 Å². The first kappa shape index (κ1) is 17.4. The van der Waals surface area contributed by atoms with Crippen molar-refractivity contribution in [1.82, 2.24) is 10.2 Å². The minimum Gasteiger partial charge on any atom is -0.444 e. The van der Waals surface area contributed by atoms with E-state index < -0.39 is 5.60 Å². The lowest BCUT2D eigenvalue weighted by Gasteiger charge is -2.35. The van der Waals surface area contributed by atoms with Crippen molar-refractivity contribution in [3.05, 3.63) is 33.8 Å². The molecule has 1 N–H and O–H groups in total. The number of halogens is 2. The second-order valence-corrected chi connectivity index (χ2v) is 7.36. The lowest BCUT2D eigenvalue weighted by molar-refractivity contribution is 0.0195. The van der Waals surface area contributed by atoms with Gasteiger partial charge in [-0.2, -0.15) is 0 Å². The predicted molar refractivity (Wildman–Crippen MR) is 89.8 cm³/mol. The topological polar surface area (TPSA) is 41.6 Å². The van der Waals surface area contributed by atoms with Gasteiger partial charge in [0, 0.05) is 35.7 Å². The van der Waals surface area contributed by atoms with E-state index in [0.29, 0.717) is 23.1 Å². The summed E-state index contributed by atoms with van der Waals surface area (Å²) in [7, 11) is 0. The molecule has 0 radical (unpaired) electrons. The number of ether oxygens (including phenoxy) is 1. The van der Waals surface area contributed by atoms with Gasteiger partial charge >= 0.3 is 6.09 Å². The Morgan fingerprint density at radius 1 is 1.41 bits per heavy atom. The lowest BCUT2D eigenvalue weighted by atomic mass is 10.0. The fourth-order valence-electron chi connectivity index (χ4n) is 2.41. The first-order chi connectivity index (χ1) is 10.2. The van der Waals surface area contributed by atoms with E-state index in [1.807, 2.05) is 32.9 Å². The fourth-order valence-corrected chi connectivity index (χ4v) is 2.89. The number of carbonyl (C=O) groups excluding carboxylic acids is 1. The molecule has 1 atom stereocenters. The van der Waals surface area contributed by atoms with Gasteiger partial charge < -0.3 is 15.0 Å². The summed E-state index contributed by atoms with van der Waals surface area (Å²) in [5, 5.41) is 4.70. The molecule has 1 aromatic carbocycles. The molecule has 22 heavy (non-hydrogen) atoms. The van der Waals surface area contributed by atoms with E-state index >= 15 is 0 Å². The summed E-state index contributed by atoms with van der Waals surface area (Å²) >= 11 is 12.1. The normalized spacial score (nSPS) is 19.1. The van der Waals surface area contributed by atoms with E-state index in [1.165, 1.54) is 0 Å². The standard InChI is InChI=1S/C16H22Cl2N2O2/c1-16(2,3)22-15(21)20-7-6-19-13(10-20)8-11-4-5-12(17)9-14(11)18/h4-5,9,13,19H,6-8,10H2,1-3H3/t13-/m1/s1. The van der Waals surface area contributed by atoms with Crippen LogP contribution in [0.2, 0.25) is 10.0 Å². The molecule has 1 aromatic rings. The summed E-state index contributed by atoms with van der Waals surface area (Å²) in [5.41, 5.74) is 0.548. The monoisotopic (exact) mass is 344 g/mol. The molecule has 0 aliphatic carbocycles. The number of amides is 1. The number of carbonyl (C=O) groups is 1. The van der Waals surface area contributed by atoms with Crippen molar-refractivity contribution in [1.29, 1.82) is 0 Å². The summed E-state index contributed by atoms with van der Waals surface area (Å²) in [4.78, 5) is 13.9. The van der Waals surface area contributed by atoms with E-state index in [-0.39, 0.29) is 12.1 Å². The third-order valence-electron chi connectivity index (χ3n) is 3.39. The minimum atomic E-state index is -0.475. The fraction of sp³-hybridized carbons (Fsp3) is 0.562. The maximum atomic E-state index is 12.2. The van der Waals surface area contributed by atoms with Gasteiger partial charge in [-0.15, -0.1) is 0 Å². The highest BCUT2D eigenvalue weighted by Gasteiger charge is 2.27. The summed E-state index contributed by atoms with van der Waals surface area (Å²) in [6.07, 6.45) is 0.483. The first-order valence-electron chi connectivity index (χ1n) is 7.40. The van der Waals surface area contributed by atoms with Crippen molar-refractivity contribution in [2.24, 2.45) is 0 Å². The van der Waals surface area contributed by atoms with Gasteiger partial charge in [0.25, 0.3) is 0 Å². The molecule has 0 saturated carbocycles. The Morgan fingerprint density at radius 3 is 2.77 bits per heavy atom.